The molecule has 1 N–H and O–H groups in total. The highest BCUT2D eigenvalue weighted by molar-refractivity contribution is 6.39. The summed E-state index contributed by atoms with van der Waals surface area (Å²) in [6, 6.07) is 33.4. The number of aromatic nitrogens is 2. The fourth-order valence-corrected chi connectivity index (χ4v) is 5.52. The normalized spacial score (nSPS) is 11.6. The Bertz CT molecular complexity index is 1940. The van der Waals surface area contributed by atoms with Gasteiger partial charge in [-0.05, 0) is 78.7 Å². The number of carbonyl (C=O) groups is 1. The number of hydrogen-bond donors (Lipinski definition) is 1. The van der Waals surface area contributed by atoms with Gasteiger partial charge in [-0.15, -0.1) is 0 Å². The van der Waals surface area contributed by atoms with E-state index >= 15 is 0 Å². The monoisotopic (exact) mass is 665 g/mol. The Hall–Kier alpha value is -5.18. The molecule has 0 aliphatic rings. The van der Waals surface area contributed by atoms with E-state index in [0.29, 0.717) is 32.7 Å². The molecule has 2 aromatic heterocycles. The summed E-state index contributed by atoms with van der Waals surface area (Å²) in [5, 5.41) is 16.5. The predicted octanol–water partition coefficient (Wildman–Crippen LogP) is 8.77. The van der Waals surface area contributed by atoms with E-state index in [4.69, 9.17) is 37.4 Å². The molecule has 0 spiro atoms. The Morgan fingerprint density at radius 1 is 0.702 bits per heavy atom. The second kappa shape index (κ2) is 14.5. The van der Waals surface area contributed by atoms with Crippen LogP contribution in [0, 0.1) is 0 Å². The number of ether oxygens (including phenoxy) is 3. The number of rotatable bonds is 11. The first-order valence-electron chi connectivity index (χ1n) is 14.8. The van der Waals surface area contributed by atoms with Gasteiger partial charge < -0.3 is 19.4 Å². The van der Waals surface area contributed by atoms with Gasteiger partial charge >= 0.3 is 5.97 Å². The Labute approximate surface area is 281 Å². The number of benzene rings is 4. The van der Waals surface area contributed by atoms with E-state index in [9.17, 15) is 10.0 Å². The number of oxime groups is 1. The van der Waals surface area contributed by atoms with Crippen LogP contribution in [0.1, 0.15) is 35.4 Å². The lowest BCUT2D eigenvalue weighted by atomic mass is 9.87. The maximum absolute atomic E-state index is 12.9. The van der Waals surface area contributed by atoms with Gasteiger partial charge in [-0.3, -0.25) is 0 Å². The van der Waals surface area contributed by atoms with Crippen LogP contribution in [-0.4, -0.2) is 33.5 Å². The van der Waals surface area contributed by atoms with Crippen LogP contribution in [0.2, 0.25) is 10.0 Å². The van der Waals surface area contributed by atoms with Gasteiger partial charge in [-0.25, -0.2) is 14.8 Å². The Kier molecular flexibility index (Phi) is 9.80. The van der Waals surface area contributed by atoms with E-state index in [1.165, 1.54) is 0 Å². The van der Waals surface area contributed by atoms with Gasteiger partial charge in [0.15, 0.2) is 5.71 Å². The van der Waals surface area contributed by atoms with Crippen molar-refractivity contribution in [2.24, 2.45) is 5.16 Å². The minimum absolute atomic E-state index is 0.133. The summed E-state index contributed by atoms with van der Waals surface area (Å²) >= 11 is 12.3. The third kappa shape index (κ3) is 7.62. The van der Waals surface area contributed by atoms with E-state index in [1.807, 2.05) is 84.9 Å². The molecule has 8 nitrogen and oxygen atoms in total. The number of nitrogens with zero attached hydrogens (tertiary/aromatic N) is 3. The molecule has 6 aromatic rings. The second-order valence-corrected chi connectivity index (χ2v) is 11.5. The van der Waals surface area contributed by atoms with E-state index < -0.39 is 11.9 Å². The fraction of sp³-hybridized carbons (Fsp3) is 0.135. The lowest BCUT2D eigenvalue weighted by molar-refractivity contribution is -0.135. The zero-order valence-electron chi connectivity index (χ0n) is 25.3. The molecule has 0 radical (unpaired) electrons. The zero-order chi connectivity index (χ0) is 32.8. The number of carbonyl (C=O) groups excluding carboxylic acids is 1. The standard InChI is InChI=1S/C37H29Cl2N3O5/c1-2-45-37(43)36(42-44)35(25-7-15-31(16-8-25)46-21-29-13-5-23-3-11-27(38)19-33(23)40-29)26-9-17-32(18-10-26)47-22-30-14-6-24-4-12-28(39)20-34(24)41-30/h3-20,35,44H,2,21-22H2,1H3. The molecule has 0 saturated heterocycles. The van der Waals surface area contributed by atoms with Gasteiger partial charge in [-0.2, -0.15) is 0 Å². The van der Waals surface area contributed by atoms with Crippen molar-refractivity contribution in [2.75, 3.05) is 6.61 Å². The molecule has 2 heterocycles. The first-order chi connectivity index (χ1) is 22.9. The van der Waals surface area contributed by atoms with E-state index in [1.54, 1.807) is 31.2 Å². The maximum atomic E-state index is 12.9. The molecule has 4 aromatic carbocycles. The van der Waals surface area contributed by atoms with E-state index in [0.717, 1.165) is 33.2 Å². The van der Waals surface area contributed by atoms with Crippen molar-refractivity contribution in [1.29, 1.82) is 0 Å². The smallest absolute Gasteiger partial charge is 0.357 e. The molecule has 0 fully saturated rings. The number of fused-ring (bicyclic) bond motifs is 2. The molecule has 236 valence electrons. The summed E-state index contributed by atoms with van der Waals surface area (Å²) in [4.78, 5) is 22.1. The van der Waals surface area contributed by atoms with Crippen molar-refractivity contribution < 1.29 is 24.2 Å². The molecule has 0 saturated carbocycles. The Balaban J connectivity index is 1.18. The highest BCUT2D eigenvalue weighted by Crippen LogP contribution is 2.31. The number of hydrogen-bond acceptors (Lipinski definition) is 8. The highest BCUT2D eigenvalue weighted by Gasteiger charge is 2.28. The third-order valence-electron chi connectivity index (χ3n) is 7.49. The van der Waals surface area contributed by atoms with Crippen LogP contribution in [0.5, 0.6) is 11.5 Å². The van der Waals surface area contributed by atoms with Crippen LogP contribution in [0.4, 0.5) is 0 Å². The van der Waals surface area contributed by atoms with Crippen LogP contribution in [0.15, 0.2) is 114 Å². The van der Waals surface area contributed by atoms with Gasteiger partial charge in [0.2, 0.25) is 0 Å². The van der Waals surface area contributed by atoms with Crippen molar-refractivity contribution in [2.45, 2.75) is 26.1 Å². The summed E-state index contributed by atoms with van der Waals surface area (Å²) < 4.78 is 17.2. The minimum Gasteiger partial charge on any atom is -0.487 e. The first-order valence-corrected chi connectivity index (χ1v) is 15.6. The molecule has 0 aliphatic carbocycles. The van der Waals surface area contributed by atoms with Crippen LogP contribution < -0.4 is 9.47 Å². The first kappa shape index (κ1) is 31.8. The number of esters is 1. The summed E-state index contributed by atoms with van der Waals surface area (Å²) in [5.41, 5.74) is 4.34. The van der Waals surface area contributed by atoms with Crippen LogP contribution in [0.3, 0.4) is 0 Å². The molecule has 0 unspecified atom stereocenters. The summed E-state index contributed by atoms with van der Waals surface area (Å²) in [6.45, 7) is 2.33. The van der Waals surface area contributed by atoms with Crippen molar-refractivity contribution in [3.8, 4) is 11.5 Å². The molecule has 0 atom stereocenters. The fourth-order valence-electron chi connectivity index (χ4n) is 5.18. The SMILES string of the molecule is CCOC(=O)C(=NO)C(c1ccc(OCc2ccc3ccc(Cl)cc3n2)cc1)c1ccc(OCc2ccc3ccc(Cl)cc3n2)cc1. The van der Waals surface area contributed by atoms with Crippen LogP contribution in [0.25, 0.3) is 21.8 Å². The van der Waals surface area contributed by atoms with Crippen LogP contribution in [-0.2, 0) is 22.7 Å². The molecule has 0 aliphatic heterocycles. The van der Waals surface area contributed by atoms with Gasteiger partial charge in [0.05, 0.1) is 34.9 Å². The van der Waals surface area contributed by atoms with Gasteiger partial charge in [0.1, 0.15) is 24.7 Å². The van der Waals surface area contributed by atoms with Gasteiger partial charge in [-0.1, -0.05) is 76.9 Å². The van der Waals surface area contributed by atoms with Gasteiger partial charge in [0, 0.05) is 20.8 Å². The molecule has 0 bridgehead atoms. The molecular formula is C37H29Cl2N3O5. The maximum Gasteiger partial charge on any atom is 0.357 e. The second-order valence-electron chi connectivity index (χ2n) is 10.6. The number of pyridine rings is 2. The van der Waals surface area contributed by atoms with Crippen molar-refractivity contribution >= 4 is 56.7 Å². The molecule has 0 amide bonds. The average Bonchev–Trinajstić information content (AvgIpc) is 3.09. The molecular weight excluding hydrogens is 637 g/mol. The average molecular weight is 667 g/mol. The zero-order valence-corrected chi connectivity index (χ0v) is 26.8. The molecule has 6 rings (SSSR count). The van der Waals surface area contributed by atoms with Crippen molar-refractivity contribution in [1.82, 2.24) is 9.97 Å². The quantitative estimate of drug-likeness (QED) is 0.0638. The van der Waals surface area contributed by atoms with Crippen LogP contribution >= 0.6 is 23.2 Å². The largest absolute Gasteiger partial charge is 0.487 e. The van der Waals surface area contributed by atoms with Crippen molar-refractivity contribution in [3.05, 3.63) is 142 Å². The summed E-state index contributed by atoms with van der Waals surface area (Å²) in [7, 11) is 0. The summed E-state index contributed by atoms with van der Waals surface area (Å²) in [5.74, 6) is -0.230. The topological polar surface area (TPSA) is 103 Å². The Morgan fingerprint density at radius 2 is 1.15 bits per heavy atom. The van der Waals surface area contributed by atoms with Crippen molar-refractivity contribution in [3.63, 3.8) is 0 Å². The predicted molar refractivity (Wildman–Crippen MR) is 183 cm³/mol. The molecule has 47 heavy (non-hydrogen) atoms. The lowest BCUT2D eigenvalue weighted by Crippen LogP contribution is -2.26. The lowest BCUT2D eigenvalue weighted by Gasteiger charge is -2.19. The molecule has 10 heteroatoms. The third-order valence-corrected chi connectivity index (χ3v) is 7.96. The summed E-state index contributed by atoms with van der Waals surface area (Å²) in [6.07, 6.45) is 0. The minimum atomic E-state index is -0.721. The Morgan fingerprint density at radius 3 is 1.57 bits per heavy atom. The number of halogens is 2. The van der Waals surface area contributed by atoms with E-state index in [2.05, 4.69) is 15.1 Å². The van der Waals surface area contributed by atoms with Gasteiger partial charge in [0.25, 0.3) is 0 Å². The van der Waals surface area contributed by atoms with E-state index in [-0.39, 0.29) is 25.5 Å². The highest BCUT2D eigenvalue weighted by atomic mass is 35.5.